The molecule has 0 spiro atoms. The maximum Gasteiger partial charge on any atom is 0.282 e. The normalized spacial score (nSPS) is 21.6. The van der Waals surface area contributed by atoms with Gasteiger partial charge >= 0.3 is 0 Å². The number of hydrogen-bond acceptors (Lipinski definition) is 17. The van der Waals surface area contributed by atoms with E-state index in [1.165, 1.54) is 12.2 Å². The number of carbonyl (C=O) groups excluding carboxylic acids is 8. The van der Waals surface area contributed by atoms with E-state index in [2.05, 4.69) is 25.5 Å². The molecule has 2 aliphatic carbocycles. The van der Waals surface area contributed by atoms with E-state index in [1.807, 2.05) is 7.05 Å². The van der Waals surface area contributed by atoms with Gasteiger partial charge in [-0.3, -0.25) is 38.4 Å². The summed E-state index contributed by atoms with van der Waals surface area (Å²) in [5, 5.41) is 6.25. The minimum absolute atomic E-state index is 0.0343. The zero-order valence-electron chi connectivity index (χ0n) is 34.5. The van der Waals surface area contributed by atoms with Gasteiger partial charge in [-0.2, -0.15) is 0 Å². The lowest BCUT2D eigenvalue weighted by Gasteiger charge is -2.35. The third-order valence-electron chi connectivity index (χ3n) is 11.8. The maximum atomic E-state index is 13.3. The second-order valence-corrected chi connectivity index (χ2v) is 18.0. The molecule has 0 saturated carbocycles. The first-order valence-electron chi connectivity index (χ1n) is 21.2. The molecule has 4 aliphatic heterocycles. The monoisotopic (exact) mass is 891 g/mol. The number of thiazole rings is 2. The number of amides is 4. The summed E-state index contributed by atoms with van der Waals surface area (Å²) in [5.74, 6) is -2.53. The molecule has 2 N–H and O–H groups in total. The molecule has 4 fully saturated rings. The van der Waals surface area contributed by atoms with Gasteiger partial charge in [-0.1, -0.05) is 0 Å². The van der Waals surface area contributed by atoms with E-state index >= 15 is 0 Å². The van der Waals surface area contributed by atoms with E-state index in [4.69, 9.17) is 9.47 Å². The van der Waals surface area contributed by atoms with E-state index in [9.17, 15) is 38.4 Å². The van der Waals surface area contributed by atoms with Crippen molar-refractivity contribution in [3.05, 3.63) is 54.7 Å². The van der Waals surface area contributed by atoms with Crippen molar-refractivity contribution in [3.63, 3.8) is 0 Å². The van der Waals surface area contributed by atoms with Crippen LogP contribution in [-0.4, -0.2) is 192 Å². The van der Waals surface area contributed by atoms with Crippen molar-refractivity contribution in [1.82, 2.24) is 45.1 Å². The van der Waals surface area contributed by atoms with Gasteiger partial charge in [0, 0.05) is 90.8 Å². The molecule has 62 heavy (non-hydrogen) atoms. The van der Waals surface area contributed by atoms with Gasteiger partial charge < -0.3 is 44.6 Å². The predicted molar refractivity (Wildman–Crippen MR) is 223 cm³/mol. The summed E-state index contributed by atoms with van der Waals surface area (Å²) < 4.78 is 11.0. The molecular weight excluding hydrogens is 843 g/mol. The van der Waals surface area contributed by atoms with E-state index in [0.717, 1.165) is 35.5 Å². The highest BCUT2D eigenvalue weighted by Gasteiger charge is 2.37. The molecule has 6 heterocycles. The lowest BCUT2D eigenvalue weighted by Crippen LogP contribution is -2.52. The number of allylic oxidation sites excluding steroid dienone is 4. The van der Waals surface area contributed by atoms with E-state index in [0.29, 0.717) is 117 Å². The average molecular weight is 892 g/mol. The van der Waals surface area contributed by atoms with Gasteiger partial charge in [0.25, 0.3) is 23.6 Å². The highest BCUT2D eigenvalue weighted by atomic mass is 32.1. The van der Waals surface area contributed by atoms with Crippen LogP contribution in [0.1, 0.15) is 98.4 Å². The summed E-state index contributed by atoms with van der Waals surface area (Å²) in [6.07, 6.45) is 6.09. The zero-order chi connectivity index (χ0) is 43.5. The lowest BCUT2D eigenvalue weighted by atomic mass is 10.0. The van der Waals surface area contributed by atoms with Crippen molar-refractivity contribution >= 4 is 69.4 Å². The molecule has 330 valence electrons. The lowest BCUT2D eigenvalue weighted by molar-refractivity contribution is -0.143. The molecule has 2 unspecified atom stereocenters. The van der Waals surface area contributed by atoms with E-state index < -0.39 is 35.3 Å². The van der Waals surface area contributed by atoms with Crippen molar-refractivity contribution < 1.29 is 47.8 Å². The molecule has 2 aromatic heterocycles. The van der Waals surface area contributed by atoms with Crippen molar-refractivity contribution in [2.24, 2.45) is 0 Å². The van der Waals surface area contributed by atoms with Crippen LogP contribution in [0.4, 0.5) is 0 Å². The van der Waals surface area contributed by atoms with Crippen molar-refractivity contribution in [2.45, 2.75) is 50.7 Å². The topological polar surface area (TPSA) is 221 Å². The highest BCUT2D eigenvalue weighted by Crippen LogP contribution is 2.29. The molecule has 0 bridgehead atoms. The number of carbonyl (C=O) groups is 8. The number of Topliss-reactive ketones (excluding diaryl/α,β-unsaturated/α-hetero) is 2. The quantitative estimate of drug-likeness (QED) is 0.249. The molecular formula is C41H49N9O10S2. The summed E-state index contributed by atoms with van der Waals surface area (Å²) >= 11 is 1.82. The van der Waals surface area contributed by atoms with Gasteiger partial charge in [0.1, 0.15) is 33.4 Å². The first-order chi connectivity index (χ1) is 30.0. The number of rotatable bonds is 14. The average Bonchev–Trinajstić information content (AvgIpc) is 4.14. The summed E-state index contributed by atoms with van der Waals surface area (Å²) in [6.45, 7) is 6.08. The summed E-state index contributed by atoms with van der Waals surface area (Å²) in [7, 11) is 1.94. The van der Waals surface area contributed by atoms with Crippen LogP contribution in [0, 0.1) is 0 Å². The minimum Gasteiger partial charge on any atom is -0.382 e. The Morgan fingerprint density at radius 3 is 1.40 bits per heavy atom. The number of hydrogen-bond donors (Lipinski definition) is 2. The number of ether oxygens (including phenoxy) is 2. The van der Waals surface area contributed by atoms with Crippen LogP contribution < -0.4 is 10.6 Å². The van der Waals surface area contributed by atoms with Gasteiger partial charge in [-0.05, 0) is 58.7 Å². The first kappa shape index (κ1) is 43.4. The van der Waals surface area contributed by atoms with E-state index in [1.54, 1.807) is 19.6 Å². The molecule has 0 radical (unpaired) electrons. The third kappa shape index (κ3) is 9.26. The van der Waals surface area contributed by atoms with E-state index in [-0.39, 0.29) is 66.2 Å². The summed E-state index contributed by atoms with van der Waals surface area (Å²) in [5.41, 5.74) is 0.183. The molecule has 4 saturated heterocycles. The third-order valence-corrected chi connectivity index (χ3v) is 13.9. The van der Waals surface area contributed by atoms with Crippen LogP contribution in [0.25, 0.3) is 0 Å². The standard InChI is InChI=1S/C41H49N9O10S2/c1-46(10-4-8-42-24-22-26(51)34-30(32(24)53)44-36(61-34)40(57)49-16-12-47(13-17-49)38(55)28-6-2-20-59-28)11-5-9-43-25-23-27(52)35-31(33(25)54)45-37(62-35)41(58)50-18-14-48(15-19-50)39(56)29-7-3-21-60-29/h22-23,28-29,42-43H,2-21H2,1H3. The molecule has 4 amide bonds. The number of piperazine rings is 2. The summed E-state index contributed by atoms with van der Waals surface area (Å²) in [6, 6.07) is 0. The maximum absolute atomic E-state index is 13.3. The fourth-order valence-corrected chi connectivity index (χ4v) is 10.1. The number of aromatic nitrogens is 2. The van der Waals surface area contributed by atoms with Crippen LogP contribution >= 0.6 is 22.7 Å². The summed E-state index contributed by atoms with van der Waals surface area (Å²) in [4.78, 5) is 122. The van der Waals surface area contributed by atoms with Gasteiger partial charge in [-0.15, -0.1) is 22.7 Å². The van der Waals surface area contributed by atoms with Gasteiger partial charge in [-0.25, -0.2) is 9.97 Å². The van der Waals surface area contributed by atoms with Crippen molar-refractivity contribution in [3.8, 4) is 0 Å². The minimum atomic E-state index is -0.447. The number of nitrogens with one attached hydrogen (secondary N) is 2. The highest BCUT2D eigenvalue weighted by molar-refractivity contribution is 7.16. The van der Waals surface area contributed by atoms with Gasteiger partial charge in [0.15, 0.2) is 21.6 Å². The van der Waals surface area contributed by atoms with Crippen molar-refractivity contribution in [2.75, 3.05) is 98.8 Å². The van der Waals surface area contributed by atoms with Crippen molar-refractivity contribution in [1.29, 1.82) is 0 Å². The Kier molecular flexibility index (Phi) is 13.3. The second kappa shape index (κ2) is 19.0. The molecule has 2 atom stereocenters. The molecule has 21 heteroatoms. The second-order valence-electron chi connectivity index (χ2n) is 16.0. The molecule has 8 rings (SSSR count). The smallest absolute Gasteiger partial charge is 0.282 e. The molecule has 6 aliphatic rings. The number of ketones is 4. The Labute approximate surface area is 365 Å². The molecule has 2 aromatic rings. The van der Waals surface area contributed by atoms with Crippen LogP contribution in [0.2, 0.25) is 0 Å². The predicted octanol–water partition coefficient (Wildman–Crippen LogP) is 0.644. The fourth-order valence-electron chi connectivity index (χ4n) is 8.25. The fraction of sp³-hybridized carbons (Fsp3) is 0.561. The number of nitrogens with zero attached hydrogens (tertiary/aromatic N) is 7. The zero-order valence-corrected chi connectivity index (χ0v) is 36.1. The van der Waals surface area contributed by atoms with Gasteiger partial charge in [0.2, 0.25) is 11.6 Å². The van der Waals surface area contributed by atoms with Crippen LogP contribution in [0.15, 0.2) is 23.5 Å². The van der Waals surface area contributed by atoms with Gasteiger partial charge in [0.05, 0.1) is 11.4 Å². The Morgan fingerprint density at radius 2 is 1.03 bits per heavy atom. The first-order valence-corrected chi connectivity index (χ1v) is 22.8. The van der Waals surface area contributed by atoms with Crippen LogP contribution in [0.5, 0.6) is 0 Å². The van der Waals surface area contributed by atoms with Crippen LogP contribution in [-0.2, 0) is 19.1 Å². The Morgan fingerprint density at radius 1 is 0.645 bits per heavy atom. The molecule has 0 aromatic carbocycles. The molecule has 19 nitrogen and oxygen atoms in total. The Hall–Kier alpha value is -5.22. The Balaban J connectivity index is 0.731. The van der Waals surface area contributed by atoms with Crippen LogP contribution in [0.3, 0.4) is 0 Å². The SMILES string of the molecule is CN(CCCNC1=CC(=O)c2sc(C(=O)N3CCN(C(=O)C4CCCO4)CC3)nc2C1=O)CCCNC1=CC(=O)c2sc(C(=O)N3CCN(C(=O)C4CCCO4)CC3)nc2C1=O. The Bertz CT molecular complexity index is 2060. The largest absolute Gasteiger partial charge is 0.382 e. The number of fused-ring (bicyclic) bond motifs is 2.